The molecule has 1 fully saturated rings. The number of benzene rings is 2. The number of hydrogen-bond donors (Lipinski definition) is 1. The molecule has 1 aliphatic rings. The maximum atomic E-state index is 11.2. The van der Waals surface area contributed by atoms with E-state index in [-0.39, 0.29) is 37.9 Å². The molecule has 1 N–H and O–H groups in total. The quantitative estimate of drug-likeness (QED) is 0.172. The smallest absolute Gasteiger partial charge is 0.126 e. The SMILES string of the molecule is COCC1OC1COc1c(C(C)(C)C)cc(SC(C)(C)Sc2cc(C(C)(C)C)c(O)c(C(C)(C)C)c2)cc1C(C)(C)C. The van der Waals surface area contributed by atoms with Gasteiger partial charge in [0, 0.05) is 39.2 Å². The first-order valence-corrected chi connectivity index (χ1v) is 16.8. The highest BCUT2D eigenvalue weighted by molar-refractivity contribution is 8.18. The van der Waals surface area contributed by atoms with Crippen LogP contribution in [-0.2, 0) is 31.1 Å². The zero-order valence-electron chi connectivity index (χ0n) is 28.9. The summed E-state index contributed by atoms with van der Waals surface area (Å²) in [6.45, 7) is 32.3. The number of methoxy groups -OCH3 is 1. The molecule has 0 radical (unpaired) electrons. The Hall–Kier alpha value is -1.34. The maximum Gasteiger partial charge on any atom is 0.126 e. The van der Waals surface area contributed by atoms with Crippen LogP contribution in [0.2, 0.25) is 0 Å². The predicted molar refractivity (Wildman–Crippen MR) is 181 cm³/mol. The summed E-state index contributed by atoms with van der Waals surface area (Å²) in [4.78, 5) is 2.42. The van der Waals surface area contributed by atoms with E-state index in [0.29, 0.717) is 19.0 Å². The molecule has 4 nitrogen and oxygen atoms in total. The van der Waals surface area contributed by atoms with Crippen LogP contribution in [0.25, 0.3) is 0 Å². The molecule has 1 aliphatic heterocycles. The monoisotopic (exact) mass is 616 g/mol. The van der Waals surface area contributed by atoms with Crippen LogP contribution in [0.15, 0.2) is 34.1 Å². The number of rotatable bonds is 9. The average molecular weight is 617 g/mol. The highest BCUT2D eigenvalue weighted by Crippen LogP contribution is 2.51. The summed E-state index contributed by atoms with van der Waals surface area (Å²) in [5, 5.41) is 11.2. The van der Waals surface area contributed by atoms with E-state index in [9.17, 15) is 5.11 Å². The van der Waals surface area contributed by atoms with Gasteiger partial charge in [-0.1, -0.05) is 83.1 Å². The Kier molecular flexibility index (Phi) is 10.2. The number of epoxide rings is 1. The number of aromatic hydroxyl groups is 1. The van der Waals surface area contributed by atoms with Crippen LogP contribution in [0.3, 0.4) is 0 Å². The fraction of sp³-hybridized carbons (Fsp3) is 0.667. The highest BCUT2D eigenvalue weighted by atomic mass is 32.2. The van der Waals surface area contributed by atoms with Crippen molar-refractivity contribution in [3.63, 3.8) is 0 Å². The number of phenols is 1. The van der Waals surface area contributed by atoms with Crippen LogP contribution >= 0.6 is 23.5 Å². The molecule has 3 rings (SSSR count). The number of ether oxygens (including phenoxy) is 3. The Labute approximate surface area is 265 Å². The van der Waals surface area contributed by atoms with Crippen LogP contribution in [0.4, 0.5) is 0 Å². The lowest BCUT2D eigenvalue weighted by Crippen LogP contribution is -2.22. The van der Waals surface area contributed by atoms with E-state index in [0.717, 1.165) is 16.9 Å². The first kappa shape index (κ1) is 35.1. The fourth-order valence-electron chi connectivity index (χ4n) is 5.13. The molecule has 42 heavy (non-hydrogen) atoms. The van der Waals surface area contributed by atoms with Gasteiger partial charge in [-0.05, 0) is 59.8 Å². The molecular formula is C36H56O4S2. The topological polar surface area (TPSA) is 51.2 Å². The minimum absolute atomic E-state index is 0.0799. The molecule has 2 unspecified atom stereocenters. The summed E-state index contributed by atoms with van der Waals surface area (Å²) >= 11 is 3.75. The van der Waals surface area contributed by atoms with Gasteiger partial charge in [0.25, 0.3) is 0 Å². The van der Waals surface area contributed by atoms with Crippen molar-refractivity contribution in [2.24, 2.45) is 0 Å². The van der Waals surface area contributed by atoms with Crippen molar-refractivity contribution >= 4 is 23.5 Å². The molecule has 2 atom stereocenters. The number of thioether (sulfide) groups is 2. The first-order chi connectivity index (χ1) is 18.9. The van der Waals surface area contributed by atoms with Crippen molar-refractivity contribution in [1.29, 1.82) is 0 Å². The van der Waals surface area contributed by atoms with E-state index < -0.39 is 0 Å². The van der Waals surface area contributed by atoms with Crippen molar-refractivity contribution in [2.45, 2.75) is 145 Å². The van der Waals surface area contributed by atoms with Crippen LogP contribution in [0.1, 0.15) is 119 Å². The largest absolute Gasteiger partial charge is 0.507 e. The molecule has 2 aromatic carbocycles. The summed E-state index contributed by atoms with van der Waals surface area (Å²) in [7, 11) is 1.71. The highest BCUT2D eigenvalue weighted by Gasteiger charge is 2.40. The molecule has 0 amide bonds. The van der Waals surface area contributed by atoms with Crippen LogP contribution in [0, 0.1) is 0 Å². The second-order valence-corrected chi connectivity index (χ2v) is 19.9. The third-order valence-electron chi connectivity index (χ3n) is 7.52. The standard InChI is InChI=1S/C36H56O4S2/c1-32(2,3)24-16-22(17-25(30(24)37)33(4,5)6)41-36(13,14)42-23-18-26(34(7,8)9)31(27(19-23)35(10,11)12)39-21-29-28(40-29)20-38-15/h16-19,28-29,37H,20-21H2,1-15H3. The molecule has 0 aromatic heterocycles. The molecule has 1 saturated heterocycles. The zero-order valence-corrected chi connectivity index (χ0v) is 30.5. The van der Waals surface area contributed by atoms with Gasteiger partial charge in [0.2, 0.25) is 0 Å². The molecule has 0 saturated carbocycles. The van der Waals surface area contributed by atoms with Gasteiger partial charge in [-0.15, -0.1) is 23.5 Å². The lowest BCUT2D eigenvalue weighted by molar-refractivity contribution is 0.171. The Morgan fingerprint density at radius 2 is 0.976 bits per heavy atom. The molecule has 1 heterocycles. The van der Waals surface area contributed by atoms with Gasteiger partial charge in [-0.25, -0.2) is 0 Å². The second kappa shape index (κ2) is 12.2. The van der Waals surface area contributed by atoms with Crippen molar-refractivity contribution in [2.75, 3.05) is 20.3 Å². The fourth-order valence-corrected chi connectivity index (χ4v) is 7.72. The molecule has 6 heteroatoms. The lowest BCUT2D eigenvalue weighted by atomic mass is 9.79. The summed E-state index contributed by atoms with van der Waals surface area (Å²) in [5.41, 5.74) is 3.92. The van der Waals surface area contributed by atoms with E-state index in [4.69, 9.17) is 14.2 Å². The summed E-state index contributed by atoms with van der Waals surface area (Å²) in [6.07, 6.45) is 0.201. The van der Waals surface area contributed by atoms with Crippen molar-refractivity contribution in [3.05, 3.63) is 46.5 Å². The van der Waals surface area contributed by atoms with E-state index in [1.54, 1.807) is 7.11 Å². The predicted octanol–water partition coefficient (Wildman–Crippen LogP) is 10.00. The molecule has 236 valence electrons. The van der Waals surface area contributed by atoms with Crippen molar-refractivity contribution in [1.82, 2.24) is 0 Å². The number of hydrogen-bond acceptors (Lipinski definition) is 6. The first-order valence-electron chi connectivity index (χ1n) is 15.2. The molecule has 0 bridgehead atoms. The number of phenolic OH excluding ortho intramolecular Hbond substituents is 1. The van der Waals surface area contributed by atoms with Crippen molar-refractivity contribution in [3.8, 4) is 11.5 Å². The third kappa shape index (κ3) is 8.86. The van der Waals surface area contributed by atoms with Crippen LogP contribution in [-0.4, -0.2) is 41.7 Å². The Morgan fingerprint density at radius 3 is 1.33 bits per heavy atom. The maximum absolute atomic E-state index is 11.2. The van der Waals surface area contributed by atoms with Gasteiger partial charge in [-0.2, -0.15) is 0 Å². The van der Waals surface area contributed by atoms with Gasteiger partial charge in [-0.3, -0.25) is 0 Å². The summed E-state index contributed by atoms with van der Waals surface area (Å²) in [6, 6.07) is 9.03. The molecule has 0 spiro atoms. The van der Waals surface area contributed by atoms with E-state index in [2.05, 4.69) is 121 Å². The minimum atomic E-state index is -0.164. The van der Waals surface area contributed by atoms with Gasteiger partial charge >= 0.3 is 0 Å². The van der Waals surface area contributed by atoms with E-state index in [1.165, 1.54) is 20.9 Å². The van der Waals surface area contributed by atoms with Crippen LogP contribution in [0.5, 0.6) is 11.5 Å². The average Bonchev–Trinajstić information content (AvgIpc) is 3.53. The Bertz CT molecular complexity index is 1180. The van der Waals surface area contributed by atoms with Crippen LogP contribution < -0.4 is 4.74 Å². The minimum Gasteiger partial charge on any atom is -0.507 e. The second-order valence-electron chi connectivity index (χ2n) is 16.3. The molecular weight excluding hydrogens is 561 g/mol. The summed E-state index contributed by atoms with van der Waals surface area (Å²) < 4.78 is 17.5. The normalized spacial score (nSPS) is 18.4. The van der Waals surface area contributed by atoms with E-state index >= 15 is 0 Å². The summed E-state index contributed by atoms with van der Waals surface area (Å²) in [5.74, 6) is 1.41. The zero-order chi connectivity index (χ0) is 32.1. The van der Waals surface area contributed by atoms with Crippen molar-refractivity contribution < 1.29 is 19.3 Å². The van der Waals surface area contributed by atoms with E-state index in [1.807, 2.05) is 23.5 Å². The Morgan fingerprint density at radius 1 is 0.619 bits per heavy atom. The van der Waals surface area contributed by atoms with Gasteiger partial charge in [0.05, 0.1) is 10.7 Å². The molecule has 2 aromatic rings. The van der Waals surface area contributed by atoms with Gasteiger partial charge < -0.3 is 19.3 Å². The molecule has 0 aliphatic carbocycles. The lowest BCUT2D eigenvalue weighted by Gasteiger charge is -2.32. The van der Waals surface area contributed by atoms with Gasteiger partial charge in [0.15, 0.2) is 0 Å². The Balaban J connectivity index is 2.01. The third-order valence-corrected chi connectivity index (χ3v) is 9.94. The van der Waals surface area contributed by atoms with Gasteiger partial charge in [0.1, 0.15) is 30.3 Å².